The summed E-state index contributed by atoms with van der Waals surface area (Å²) in [6, 6.07) is 0.628. The first-order valence-electron chi connectivity index (χ1n) is 2.73. The van der Waals surface area contributed by atoms with Crippen molar-refractivity contribution in [3.05, 3.63) is 0 Å². The van der Waals surface area contributed by atoms with Gasteiger partial charge in [-0.2, -0.15) is 0 Å². The Morgan fingerprint density at radius 2 is 2.38 bits per heavy atom. The van der Waals surface area contributed by atoms with E-state index in [4.69, 9.17) is 3.07 Å². The molecule has 0 aromatic heterocycles. The minimum absolute atomic E-state index is 0.169. The molecule has 0 rings (SSSR count). The van der Waals surface area contributed by atoms with Gasteiger partial charge in [0.05, 0.1) is 0 Å². The number of halogens is 1. The molecule has 0 saturated heterocycles. The molecule has 0 aromatic carbocycles. The van der Waals surface area contributed by atoms with E-state index in [0.717, 1.165) is 0 Å². The van der Waals surface area contributed by atoms with Crippen molar-refractivity contribution in [2.75, 3.05) is 7.11 Å². The SMILES string of the molecule is CC[C@H](C)N[I-]OC. The standard InChI is InChI=1S/C5H13INO/c1-4-5(2)7-6-8-3/h5,7H,4H2,1-3H3/q-1/t5-/m0/s1. The van der Waals surface area contributed by atoms with E-state index in [1.165, 1.54) is 6.42 Å². The normalized spacial score (nSPS) is 14.4. The van der Waals surface area contributed by atoms with Gasteiger partial charge in [-0.15, -0.1) is 0 Å². The molecule has 1 atom stereocenters. The molecule has 1 N–H and O–H groups in total. The van der Waals surface area contributed by atoms with Crippen molar-refractivity contribution in [3.63, 3.8) is 0 Å². The van der Waals surface area contributed by atoms with E-state index < -0.39 is 0 Å². The summed E-state index contributed by atoms with van der Waals surface area (Å²) in [6.07, 6.45) is 1.18. The summed E-state index contributed by atoms with van der Waals surface area (Å²) >= 11 is -0.169. The Balaban J connectivity index is 2.86. The van der Waals surface area contributed by atoms with Crippen LogP contribution in [0, 0.1) is 0 Å². The first-order chi connectivity index (χ1) is 3.81. The molecule has 0 radical (unpaired) electrons. The van der Waals surface area contributed by atoms with Crippen LogP contribution in [0.2, 0.25) is 0 Å². The van der Waals surface area contributed by atoms with Crippen LogP contribution < -0.4 is 25.4 Å². The van der Waals surface area contributed by atoms with Crippen molar-refractivity contribution >= 4 is 0 Å². The molecule has 0 aliphatic rings. The molecule has 0 bridgehead atoms. The van der Waals surface area contributed by atoms with Crippen molar-refractivity contribution < 1.29 is 25.0 Å². The van der Waals surface area contributed by atoms with Gasteiger partial charge in [-0.1, -0.05) is 0 Å². The second-order valence-corrected chi connectivity index (χ2v) is 3.59. The second-order valence-electron chi connectivity index (χ2n) is 1.65. The molecule has 2 nitrogen and oxygen atoms in total. The van der Waals surface area contributed by atoms with Gasteiger partial charge >= 0.3 is 61.9 Å². The van der Waals surface area contributed by atoms with Gasteiger partial charge in [-0.05, 0) is 0 Å². The molecule has 0 unspecified atom stereocenters. The molecule has 52 valence electrons. The molecule has 0 amide bonds. The molecule has 0 aromatic rings. The van der Waals surface area contributed by atoms with Crippen LogP contribution in [0.4, 0.5) is 0 Å². The van der Waals surface area contributed by atoms with Crippen molar-refractivity contribution in [3.8, 4) is 0 Å². The Hall–Kier alpha value is 0.650. The Morgan fingerprint density at radius 3 is 2.75 bits per heavy atom. The van der Waals surface area contributed by atoms with Gasteiger partial charge in [0.15, 0.2) is 0 Å². The molecule has 8 heavy (non-hydrogen) atoms. The first-order valence-corrected chi connectivity index (χ1v) is 4.69. The molecule has 0 saturated carbocycles. The fourth-order valence-corrected chi connectivity index (χ4v) is 1.33. The maximum absolute atomic E-state index is 4.91. The van der Waals surface area contributed by atoms with Crippen molar-refractivity contribution in [2.45, 2.75) is 26.3 Å². The molecule has 0 fully saturated rings. The molecular weight excluding hydrogens is 217 g/mol. The second kappa shape index (κ2) is 5.78. The molecule has 0 spiro atoms. The zero-order valence-corrected chi connectivity index (χ0v) is 7.73. The Bertz CT molecular complexity index is 51.7. The van der Waals surface area contributed by atoms with Crippen LogP contribution in [0.3, 0.4) is 0 Å². The zero-order chi connectivity index (χ0) is 6.41. The van der Waals surface area contributed by atoms with E-state index in [1.807, 2.05) is 0 Å². The van der Waals surface area contributed by atoms with Gasteiger partial charge in [-0.3, -0.25) is 0 Å². The summed E-state index contributed by atoms with van der Waals surface area (Å²) in [6.45, 7) is 4.33. The van der Waals surface area contributed by atoms with Crippen molar-refractivity contribution in [2.24, 2.45) is 0 Å². The topological polar surface area (TPSA) is 21.3 Å². The molecule has 0 aliphatic heterocycles. The molecule has 0 aliphatic carbocycles. The van der Waals surface area contributed by atoms with Gasteiger partial charge < -0.3 is 0 Å². The van der Waals surface area contributed by atoms with Crippen LogP contribution in [0.1, 0.15) is 20.3 Å². The van der Waals surface area contributed by atoms with Gasteiger partial charge in [0.2, 0.25) is 0 Å². The van der Waals surface area contributed by atoms with Crippen molar-refractivity contribution in [1.29, 1.82) is 0 Å². The van der Waals surface area contributed by atoms with E-state index in [0.29, 0.717) is 6.04 Å². The van der Waals surface area contributed by atoms with Gasteiger partial charge in [0, 0.05) is 0 Å². The number of hydrogen-bond donors (Lipinski definition) is 1. The van der Waals surface area contributed by atoms with Crippen LogP contribution in [0.15, 0.2) is 0 Å². The minimum atomic E-state index is -0.169. The third-order valence-corrected chi connectivity index (χ3v) is 2.68. The van der Waals surface area contributed by atoms with Gasteiger partial charge in [-0.25, -0.2) is 0 Å². The predicted octanol–water partition coefficient (Wildman–Crippen LogP) is -2.06. The zero-order valence-electron chi connectivity index (χ0n) is 5.57. The monoisotopic (exact) mass is 230 g/mol. The Kier molecular flexibility index (Phi) is 6.25. The van der Waals surface area contributed by atoms with Gasteiger partial charge in [0.25, 0.3) is 0 Å². The summed E-state index contributed by atoms with van der Waals surface area (Å²) in [5.74, 6) is 0. The van der Waals surface area contributed by atoms with E-state index in [2.05, 4.69) is 17.4 Å². The average Bonchev–Trinajstić information content (AvgIpc) is 1.83. The molecular formula is C5H13INO-. The average molecular weight is 230 g/mol. The fourth-order valence-electron chi connectivity index (χ4n) is 0.198. The fraction of sp³-hybridized carbons (Fsp3) is 1.00. The van der Waals surface area contributed by atoms with Crippen LogP contribution in [-0.4, -0.2) is 13.2 Å². The summed E-state index contributed by atoms with van der Waals surface area (Å²) in [5, 5.41) is 0. The van der Waals surface area contributed by atoms with Crippen molar-refractivity contribution in [1.82, 2.24) is 3.53 Å². The maximum atomic E-state index is 4.91. The molecule has 3 heteroatoms. The predicted molar refractivity (Wildman–Crippen MR) is 29.9 cm³/mol. The number of nitrogens with one attached hydrogen (secondary N) is 1. The van der Waals surface area contributed by atoms with Crippen LogP contribution in [0.5, 0.6) is 0 Å². The quantitative estimate of drug-likeness (QED) is 0.443. The number of rotatable bonds is 4. The third-order valence-electron chi connectivity index (χ3n) is 0.920. The van der Waals surface area contributed by atoms with Crippen LogP contribution in [-0.2, 0) is 3.07 Å². The van der Waals surface area contributed by atoms with E-state index in [9.17, 15) is 0 Å². The summed E-state index contributed by atoms with van der Waals surface area (Å²) in [7, 11) is 1.74. The van der Waals surface area contributed by atoms with Crippen LogP contribution in [0.25, 0.3) is 0 Å². The summed E-state index contributed by atoms with van der Waals surface area (Å²) in [5.41, 5.74) is 0. The van der Waals surface area contributed by atoms with E-state index in [1.54, 1.807) is 7.11 Å². The summed E-state index contributed by atoms with van der Waals surface area (Å²) < 4.78 is 8.18. The first kappa shape index (κ1) is 8.65. The van der Waals surface area contributed by atoms with E-state index in [-0.39, 0.29) is 21.9 Å². The van der Waals surface area contributed by atoms with E-state index >= 15 is 0 Å². The Labute approximate surface area is 62.2 Å². The van der Waals surface area contributed by atoms with Gasteiger partial charge in [0.1, 0.15) is 0 Å². The third kappa shape index (κ3) is 4.80. The number of hydrogen-bond acceptors (Lipinski definition) is 2. The summed E-state index contributed by atoms with van der Waals surface area (Å²) in [4.78, 5) is 0. The van der Waals surface area contributed by atoms with Crippen LogP contribution >= 0.6 is 0 Å². The molecule has 0 heterocycles. The Morgan fingerprint density at radius 1 is 1.75 bits per heavy atom.